The van der Waals surface area contributed by atoms with Gasteiger partial charge in [-0.25, -0.2) is 19.2 Å². The average molecular weight is 1280 g/mol. The molecule has 4 N–H and O–H groups in total. The Kier molecular flexibility index (Phi) is 30.5. The summed E-state index contributed by atoms with van der Waals surface area (Å²) in [5.74, 6) is -0.916. The molecule has 0 heterocycles. The molecule has 496 valence electrons. The minimum atomic E-state index is -1.10. The van der Waals surface area contributed by atoms with Gasteiger partial charge in [-0.05, 0) is 115 Å². The largest absolute Gasteiger partial charge is 0.491 e. The first-order valence-electron chi connectivity index (χ1n) is 30.2. The molecule has 0 aliphatic rings. The lowest BCUT2D eigenvalue weighted by Crippen LogP contribution is -2.25. The van der Waals surface area contributed by atoms with Crippen molar-refractivity contribution in [1.29, 1.82) is 0 Å². The zero-order valence-corrected chi connectivity index (χ0v) is 53.1. The maximum atomic E-state index is 12.0. The van der Waals surface area contributed by atoms with Gasteiger partial charge in [-0.15, -0.1) is 0 Å². The van der Waals surface area contributed by atoms with Crippen molar-refractivity contribution in [3.63, 3.8) is 0 Å². The SMILES string of the molecule is C=C(C)C(=O)OCC(O)COCCOc1ccc(-c2ccc(OCCOCC(O)COC(=O)C(=C)C)c(C(c3ccc(-c4ccccc4)cc3)c3cc(-c4ccc(OCCOCC(O)COC(=O)C(=C)C)cc4)ccc3OCCOCC(O)COC(=O)C(=C)C)c2)cc1. The molecule has 0 radical (unpaired) electrons. The van der Waals surface area contributed by atoms with Crippen molar-refractivity contribution >= 4 is 23.9 Å². The van der Waals surface area contributed by atoms with Crippen LogP contribution in [0.2, 0.25) is 0 Å². The number of rotatable bonds is 42. The van der Waals surface area contributed by atoms with Crippen molar-refractivity contribution in [3.05, 3.63) is 205 Å². The van der Waals surface area contributed by atoms with Gasteiger partial charge in [-0.2, -0.15) is 0 Å². The number of esters is 4. The second-order valence-electron chi connectivity index (χ2n) is 21.8. The van der Waals surface area contributed by atoms with Gasteiger partial charge >= 0.3 is 23.9 Å². The van der Waals surface area contributed by atoms with E-state index in [9.17, 15) is 39.6 Å². The fraction of sp³-hybridized carbons (Fsp3) is 0.342. The number of hydrogen-bond donors (Lipinski definition) is 4. The zero-order valence-electron chi connectivity index (χ0n) is 53.1. The molecule has 6 aromatic carbocycles. The van der Waals surface area contributed by atoms with E-state index in [1.54, 1.807) is 0 Å². The predicted molar refractivity (Wildman–Crippen MR) is 349 cm³/mol. The van der Waals surface area contributed by atoms with Crippen LogP contribution in [-0.2, 0) is 57.1 Å². The van der Waals surface area contributed by atoms with E-state index in [-0.39, 0.29) is 128 Å². The van der Waals surface area contributed by atoms with Gasteiger partial charge in [-0.3, -0.25) is 0 Å². The number of aliphatic hydroxyl groups is 4. The minimum Gasteiger partial charge on any atom is -0.491 e. The van der Waals surface area contributed by atoms with Crippen molar-refractivity contribution in [1.82, 2.24) is 0 Å². The van der Waals surface area contributed by atoms with Crippen LogP contribution < -0.4 is 18.9 Å². The Labute approximate surface area is 543 Å². The molecule has 20 heteroatoms. The third-order valence-electron chi connectivity index (χ3n) is 13.6. The average Bonchev–Trinajstić information content (AvgIpc) is 0.844. The highest BCUT2D eigenvalue weighted by Crippen LogP contribution is 2.45. The van der Waals surface area contributed by atoms with E-state index in [0.717, 1.165) is 50.1 Å². The third-order valence-corrected chi connectivity index (χ3v) is 13.6. The smallest absolute Gasteiger partial charge is 0.333 e. The maximum absolute atomic E-state index is 12.0. The molecular formula is C73H84O20. The number of ether oxygens (including phenoxy) is 12. The lowest BCUT2D eigenvalue weighted by atomic mass is 9.81. The number of carbonyl (C=O) groups excluding carboxylic acids is 4. The summed E-state index contributed by atoms with van der Waals surface area (Å²) >= 11 is 0. The van der Waals surface area contributed by atoms with Gasteiger partial charge in [0.25, 0.3) is 0 Å². The Hall–Kier alpha value is -8.96. The van der Waals surface area contributed by atoms with Crippen LogP contribution in [0.5, 0.6) is 23.0 Å². The second kappa shape index (κ2) is 38.8. The minimum absolute atomic E-state index is 0.0515. The van der Waals surface area contributed by atoms with Crippen LogP contribution in [0, 0.1) is 0 Å². The molecule has 0 aromatic heterocycles. The predicted octanol–water partition coefficient (Wildman–Crippen LogP) is 9.37. The molecule has 0 aliphatic carbocycles. The summed E-state index contributed by atoms with van der Waals surface area (Å²) in [5, 5.41) is 41.6. The van der Waals surface area contributed by atoms with Gasteiger partial charge in [0.05, 0.1) is 52.9 Å². The number of benzene rings is 6. The van der Waals surface area contributed by atoms with E-state index in [4.69, 9.17) is 56.8 Å². The van der Waals surface area contributed by atoms with Crippen LogP contribution in [0.4, 0.5) is 0 Å². The van der Waals surface area contributed by atoms with E-state index >= 15 is 0 Å². The van der Waals surface area contributed by atoms with Crippen LogP contribution in [0.3, 0.4) is 0 Å². The summed E-state index contributed by atoms with van der Waals surface area (Å²) in [6.45, 7) is 19.8. The number of aliphatic hydroxyl groups excluding tert-OH is 4. The zero-order chi connectivity index (χ0) is 67.1. The normalized spacial score (nSPS) is 12.6. The van der Waals surface area contributed by atoms with Crippen molar-refractivity contribution in [2.45, 2.75) is 58.0 Å². The Morgan fingerprint density at radius 3 is 0.935 bits per heavy atom. The molecule has 20 nitrogen and oxygen atoms in total. The Morgan fingerprint density at radius 2 is 0.613 bits per heavy atom. The van der Waals surface area contributed by atoms with Crippen molar-refractivity contribution in [3.8, 4) is 56.4 Å². The first-order valence-corrected chi connectivity index (χ1v) is 30.2. The fourth-order valence-electron chi connectivity index (χ4n) is 8.79. The summed E-state index contributed by atoms with van der Waals surface area (Å²) in [5.41, 5.74) is 8.52. The molecule has 6 aromatic rings. The first-order chi connectivity index (χ1) is 44.8. The highest BCUT2D eigenvalue weighted by atomic mass is 16.6. The fourth-order valence-corrected chi connectivity index (χ4v) is 8.79. The van der Waals surface area contributed by atoms with E-state index in [0.29, 0.717) is 23.0 Å². The molecule has 0 saturated carbocycles. The van der Waals surface area contributed by atoms with Crippen molar-refractivity contribution < 1.29 is 96.4 Å². The molecular weight excluding hydrogens is 1200 g/mol. The molecule has 0 spiro atoms. The molecule has 0 bridgehead atoms. The summed E-state index contributed by atoms with van der Waals surface area (Å²) in [7, 11) is 0. The summed E-state index contributed by atoms with van der Waals surface area (Å²) in [6, 6.07) is 45.1. The third kappa shape index (κ3) is 25.2. The molecule has 4 atom stereocenters. The standard InChI is InChI=1S/C73H84O20/c1-48(2)70(78)90-44-59(74)40-82-30-34-86-63-24-18-54(19-25-63)57-22-28-67(88-36-32-84-42-61(76)46-92-72(80)50(5)6)65(38-57)69(56-16-14-53(15-17-56)52-12-10-9-11-13-52)66-39-58(23-29-68(66)89-37-33-85-43-62(77)47-93-73(81)51(7)8)55-20-26-64(27-21-55)87-35-31-83-41-60(75)45-91-71(79)49(3)4/h9-29,38-39,59-62,69,74-77H,1,3,5,7,30-37,40-47H2,2,4,6,8H3. The van der Waals surface area contributed by atoms with Gasteiger partial charge in [0.15, 0.2) is 0 Å². The van der Waals surface area contributed by atoms with Gasteiger partial charge in [0.2, 0.25) is 0 Å². The van der Waals surface area contributed by atoms with Crippen molar-refractivity contribution in [2.24, 2.45) is 0 Å². The number of hydrogen-bond acceptors (Lipinski definition) is 20. The van der Waals surface area contributed by atoms with E-state index < -0.39 is 54.2 Å². The molecule has 4 unspecified atom stereocenters. The molecule has 0 saturated heterocycles. The van der Waals surface area contributed by atoms with Crippen LogP contribution in [0.15, 0.2) is 188 Å². The van der Waals surface area contributed by atoms with Crippen molar-refractivity contribution in [2.75, 3.05) is 106 Å². The summed E-state index contributed by atoms with van der Waals surface area (Å²) < 4.78 is 68.4. The highest BCUT2D eigenvalue weighted by Gasteiger charge is 2.27. The van der Waals surface area contributed by atoms with E-state index in [1.807, 2.05) is 103 Å². The van der Waals surface area contributed by atoms with Crippen LogP contribution in [0.25, 0.3) is 33.4 Å². The highest BCUT2D eigenvalue weighted by molar-refractivity contribution is 5.88. The topological polar surface area (TPSA) is 260 Å². The maximum Gasteiger partial charge on any atom is 0.333 e. The van der Waals surface area contributed by atoms with Gasteiger partial charge < -0.3 is 77.3 Å². The van der Waals surface area contributed by atoms with Crippen LogP contribution in [-0.4, -0.2) is 174 Å². The molecule has 6 rings (SSSR count). The lowest BCUT2D eigenvalue weighted by Gasteiger charge is -2.26. The van der Waals surface area contributed by atoms with Crippen LogP contribution >= 0.6 is 0 Å². The molecule has 0 amide bonds. The Bertz CT molecular complexity index is 3200. The van der Waals surface area contributed by atoms with Gasteiger partial charge in [0.1, 0.15) is 100 Å². The Balaban J connectivity index is 1.35. The Morgan fingerprint density at radius 1 is 0.333 bits per heavy atom. The van der Waals surface area contributed by atoms with E-state index in [2.05, 4.69) is 62.7 Å². The van der Waals surface area contributed by atoms with Crippen LogP contribution in [0.1, 0.15) is 50.3 Å². The monoisotopic (exact) mass is 1280 g/mol. The molecule has 93 heavy (non-hydrogen) atoms. The summed E-state index contributed by atoms with van der Waals surface area (Å²) in [4.78, 5) is 47.5. The van der Waals surface area contributed by atoms with Gasteiger partial charge in [0, 0.05) is 39.3 Å². The number of carbonyl (C=O) groups is 4. The van der Waals surface area contributed by atoms with E-state index in [1.165, 1.54) is 27.7 Å². The molecule has 0 fully saturated rings. The summed E-state index contributed by atoms with van der Waals surface area (Å²) in [6.07, 6.45) is -4.25. The lowest BCUT2D eigenvalue weighted by molar-refractivity contribution is -0.143. The van der Waals surface area contributed by atoms with Gasteiger partial charge in [-0.1, -0.05) is 117 Å². The first kappa shape index (κ1) is 73.1. The quantitative estimate of drug-likeness (QED) is 0.00914. The molecule has 0 aliphatic heterocycles. The second-order valence-corrected chi connectivity index (χ2v) is 21.8.